The molecule has 4 nitrogen and oxygen atoms in total. The molecule has 11 aromatic carbocycles. The second-order valence-electron chi connectivity index (χ2n) is 20.3. The molecule has 0 saturated carbocycles. The molecule has 1 aliphatic heterocycles. The number of aromatic nitrogens is 2. The molecule has 2 aromatic heterocycles. The van der Waals surface area contributed by atoms with Crippen LogP contribution < -0.4 is 4.74 Å². The van der Waals surface area contributed by atoms with Crippen LogP contribution in [0, 0.1) is 0 Å². The van der Waals surface area contributed by atoms with Crippen LogP contribution in [0.15, 0.2) is 271 Å². The molecule has 3 heterocycles. The standard InChI is InChI=1S/C72H44N2O2/c1-2-17-47(18-3-1)64-44-65(48-37-35-46(36-38-48)51-21-16-22-54-53-20-5-13-30-66(53)76-69(51)54)74-70(73-64)49-39-33-45(34-40-49)50-41-42-57-55(43-50)52-19-4-6-23-56(52)71(57)58-24-7-9-26-60(58)72(61-27-10-8-25-59(61)71)62-28-11-14-31-67(62)75-68-32-15-12-29-63(68)72/h1-44H. The van der Waals surface area contributed by atoms with E-state index in [1.54, 1.807) is 0 Å². The van der Waals surface area contributed by atoms with Crippen molar-refractivity contribution in [1.82, 2.24) is 9.97 Å². The Balaban J connectivity index is 0.799. The molecule has 0 N–H and O–H groups in total. The largest absolute Gasteiger partial charge is 0.457 e. The van der Waals surface area contributed by atoms with Crippen molar-refractivity contribution in [2.45, 2.75) is 10.8 Å². The summed E-state index contributed by atoms with van der Waals surface area (Å²) in [6.07, 6.45) is 0. The number of furan rings is 1. The molecule has 354 valence electrons. The maximum absolute atomic E-state index is 6.72. The van der Waals surface area contributed by atoms with Gasteiger partial charge in [-0.15, -0.1) is 0 Å². The van der Waals surface area contributed by atoms with Gasteiger partial charge in [0.2, 0.25) is 0 Å². The first kappa shape index (κ1) is 42.6. The van der Waals surface area contributed by atoms with Crippen molar-refractivity contribution in [1.29, 1.82) is 0 Å². The Morgan fingerprint density at radius 2 is 0.737 bits per heavy atom. The number of ether oxygens (including phenoxy) is 1. The van der Waals surface area contributed by atoms with Gasteiger partial charge in [0.05, 0.1) is 22.2 Å². The maximum Gasteiger partial charge on any atom is 0.160 e. The van der Waals surface area contributed by atoms with Gasteiger partial charge < -0.3 is 9.15 Å². The van der Waals surface area contributed by atoms with Gasteiger partial charge in [0.1, 0.15) is 22.7 Å². The molecular formula is C72H44N2O2. The van der Waals surface area contributed by atoms with E-state index >= 15 is 0 Å². The van der Waals surface area contributed by atoms with Crippen molar-refractivity contribution in [2.75, 3.05) is 0 Å². The van der Waals surface area contributed by atoms with E-state index in [1.807, 2.05) is 18.2 Å². The second kappa shape index (κ2) is 16.3. The molecule has 3 aliphatic rings. The topological polar surface area (TPSA) is 48.2 Å². The number of fused-ring (bicyclic) bond motifs is 18. The van der Waals surface area contributed by atoms with E-state index in [4.69, 9.17) is 19.1 Å². The third kappa shape index (κ3) is 5.95. The fourth-order valence-electron chi connectivity index (χ4n) is 13.3. The number of para-hydroxylation sites is 4. The van der Waals surface area contributed by atoms with Crippen LogP contribution >= 0.6 is 0 Å². The van der Waals surface area contributed by atoms with E-state index in [0.717, 1.165) is 94.9 Å². The van der Waals surface area contributed by atoms with Gasteiger partial charge in [-0.3, -0.25) is 0 Å². The Kier molecular flexibility index (Phi) is 9.13. The SMILES string of the molecule is c1ccc(-c2cc(-c3ccc(-c4cccc5c4oc4ccccc45)cc3)nc(-c3ccc(-c4ccc5c(c4)-c4ccccc4C54c5ccccc5C5(c6ccccc6Oc6ccccc65)c5ccccc54)cc3)n2)cc1. The van der Waals surface area contributed by atoms with Crippen LogP contribution in [0.4, 0.5) is 0 Å². The van der Waals surface area contributed by atoms with Crippen LogP contribution in [0.1, 0.15) is 44.5 Å². The molecule has 0 radical (unpaired) electrons. The van der Waals surface area contributed by atoms with E-state index < -0.39 is 10.8 Å². The van der Waals surface area contributed by atoms with Crippen molar-refractivity contribution >= 4 is 21.9 Å². The highest BCUT2D eigenvalue weighted by Gasteiger charge is 2.58. The fraction of sp³-hybridized carbons (Fsp3) is 0.0278. The molecular weight excluding hydrogens is 925 g/mol. The minimum absolute atomic E-state index is 0.573. The predicted molar refractivity (Wildman–Crippen MR) is 306 cm³/mol. The summed E-state index contributed by atoms with van der Waals surface area (Å²) in [5.41, 5.74) is 22.3. The molecule has 0 amide bonds. The number of hydrogen-bond donors (Lipinski definition) is 0. The first-order valence-electron chi connectivity index (χ1n) is 26.0. The quantitative estimate of drug-likeness (QED) is 0.172. The molecule has 0 saturated heterocycles. The highest BCUT2D eigenvalue weighted by molar-refractivity contribution is 6.09. The third-order valence-electron chi connectivity index (χ3n) is 16.5. The van der Waals surface area contributed by atoms with Gasteiger partial charge in [-0.1, -0.05) is 237 Å². The second-order valence-corrected chi connectivity index (χ2v) is 20.3. The summed E-state index contributed by atoms with van der Waals surface area (Å²) in [6, 6.07) is 96.3. The minimum atomic E-state index is -0.606. The van der Waals surface area contributed by atoms with Crippen LogP contribution in [0.3, 0.4) is 0 Å². The van der Waals surface area contributed by atoms with Crippen molar-refractivity contribution in [3.05, 3.63) is 311 Å². The minimum Gasteiger partial charge on any atom is -0.457 e. The van der Waals surface area contributed by atoms with Crippen LogP contribution in [0.5, 0.6) is 11.5 Å². The summed E-state index contributed by atoms with van der Waals surface area (Å²) < 4.78 is 13.1. The average molecular weight is 969 g/mol. The van der Waals surface area contributed by atoms with E-state index in [9.17, 15) is 0 Å². The smallest absolute Gasteiger partial charge is 0.160 e. The van der Waals surface area contributed by atoms with Gasteiger partial charge in [-0.25, -0.2) is 9.97 Å². The van der Waals surface area contributed by atoms with E-state index in [0.29, 0.717) is 5.82 Å². The first-order chi connectivity index (χ1) is 37.7. The molecule has 13 aromatic rings. The van der Waals surface area contributed by atoms with Crippen molar-refractivity contribution in [3.8, 4) is 78.8 Å². The van der Waals surface area contributed by atoms with Gasteiger partial charge in [-0.2, -0.15) is 0 Å². The van der Waals surface area contributed by atoms with E-state index in [1.165, 1.54) is 44.5 Å². The molecule has 2 aliphatic carbocycles. The van der Waals surface area contributed by atoms with Crippen molar-refractivity contribution < 1.29 is 9.15 Å². The van der Waals surface area contributed by atoms with Gasteiger partial charge in [0.15, 0.2) is 5.82 Å². The monoisotopic (exact) mass is 968 g/mol. The molecule has 0 fully saturated rings. The zero-order valence-electron chi connectivity index (χ0n) is 41.1. The van der Waals surface area contributed by atoms with E-state index in [2.05, 4.69) is 249 Å². The summed E-state index contributed by atoms with van der Waals surface area (Å²) in [7, 11) is 0. The zero-order chi connectivity index (χ0) is 50.0. The summed E-state index contributed by atoms with van der Waals surface area (Å²) >= 11 is 0. The lowest BCUT2D eigenvalue weighted by Crippen LogP contribution is -2.45. The molecule has 0 atom stereocenters. The highest BCUT2D eigenvalue weighted by Crippen LogP contribution is 2.67. The molecule has 76 heavy (non-hydrogen) atoms. The van der Waals surface area contributed by atoms with Crippen molar-refractivity contribution in [2.24, 2.45) is 0 Å². The molecule has 4 heteroatoms. The Hall–Kier alpha value is -9.90. The number of nitrogens with zero attached hydrogens (tertiary/aromatic N) is 2. The van der Waals surface area contributed by atoms with Crippen LogP contribution in [-0.4, -0.2) is 9.97 Å². The van der Waals surface area contributed by atoms with Crippen LogP contribution in [0.25, 0.3) is 89.2 Å². The van der Waals surface area contributed by atoms with Crippen LogP contribution in [0.2, 0.25) is 0 Å². The summed E-state index contributed by atoms with van der Waals surface area (Å²) in [5, 5.41) is 2.24. The van der Waals surface area contributed by atoms with Crippen molar-refractivity contribution in [3.63, 3.8) is 0 Å². The molecule has 2 spiro atoms. The average Bonchev–Trinajstić information content (AvgIpc) is 4.16. The lowest BCUT2D eigenvalue weighted by molar-refractivity contribution is 0.429. The number of benzene rings is 11. The Morgan fingerprint density at radius 3 is 1.41 bits per heavy atom. The predicted octanol–water partition coefficient (Wildman–Crippen LogP) is 17.9. The van der Waals surface area contributed by atoms with Gasteiger partial charge >= 0.3 is 0 Å². The maximum atomic E-state index is 6.72. The zero-order valence-corrected chi connectivity index (χ0v) is 41.1. The lowest BCUT2D eigenvalue weighted by Gasteiger charge is -2.51. The molecule has 16 rings (SSSR count). The Morgan fingerprint density at radius 1 is 0.276 bits per heavy atom. The Labute approximate surface area is 439 Å². The first-order valence-corrected chi connectivity index (χ1v) is 26.0. The highest BCUT2D eigenvalue weighted by atomic mass is 16.5. The third-order valence-corrected chi connectivity index (χ3v) is 16.5. The Bertz CT molecular complexity index is 4400. The fourth-order valence-corrected chi connectivity index (χ4v) is 13.3. The lowest BCUT2D eigenvalue weighted by atomic mass is 9.51. The van der Waals surface area contributed by atoms with Gasteiger partial charge in [0.25, 0.3) is 0 Å². The molecule has 0 bridgehead atoms. The summed E-state index contributed by atoms with van der Waals surface area (Å²) in [5.74, 6) is 2.45. The van der Waals surface area contributed by atoms with Gasteiger partial charge in [-0.05, 0) is 91.5 Å². The summed E-state index contributed by atoms with van der Waals surface area (Å²) in [6.45, 7) is 0. The normalized spacial score (nSPS) is 13.8. The summed E-state index contributed by atoms with van der Waals surface area (Å²) in [4.78, 5) is 10.5. The molecule has 0 unspecified atom stereocenters. The number of rotatable bonds is 5. The number of hydrogen-bond acceptors (Lipinski definition) is 4. The van der Waals surface area contributed by atoms with E-state index in [-0.39, 0.29) is 0 Å². The van der Waals surface area contributed by atoms with Gasteiger partial charge in [0, 0.05) is 44.2 Å². The van der Waals surface area contributed by atoms with Crippen LogP contribution in [-0.2, 0) is 10.8 Å².